The summed E-state index contributed by atoms with van der Waals surface area (Å²) < 4.78 is 5.94. The summed E-state index contributed by atoms with van der Waals surface area (Å²) in [6, 6.07) is 17.6. The highest BCUT2D eigenvalue weighted by molar-refractivity contribution is 6.39. The fraction of sp³-hybridized carbons (Fsp3) is 0.160. The summed E-state index contributed by atoms with van der Waals surface area (Å²) >= 11 is 0. The summed E-state index contributed by atoms with van der Waals surface area (Å²) in [6.07, 6.45) is 1.41. The molecule has 0 bridgehead atoms. The summed E-state index contributed by atoms with van der Waals surface area (Å²) in [7, 11) is 0. The average Bonchev–Trinajstić information content (AvgIpc) is 2.73. The molecule has 3 aromatic rings. The number of nitrogens with zero attached hydrogens (tertiary/aromatic N) is 1. The largest absolute Gasteiger partial charge is 0.490 e. The van der Waals surface area contributed by atoms with E-state index in [4.69, 9.17) is 4.74 Å². The van der Waals surface area contributed by atoms with E-state index in [0.29, 0.717) is 17.0 Å². The van der Waals surface area contributed by atoms with E-state index in [2.05, 4.69) is 5.32 Å². The van der Waals surface area contributed by atoms with E-state index < -0.39 is 17.8 Å². The zero-order valence-corrected chi connectivity index (χ0v) is 17.5. The van der Waals surface area contributed by atoms with Crippen LogP contribution in [0.4, 0.5) is 10.5 Å². The molecule has 156 valence electrons. The Balaban J connectivity index is 1.86. The maximum Gasteiger partial charge on any atom is 0.335 e. The predicted molar refractivity (Wildman–Crippen MR) is 120 cm³/mol. The van der Waals surface area contributed by atoms with Crippen molar-refractivity contribution in [2.75, 3.05) is 4.90 Å². The number of fused-ring (bicyclic) bond motifs is 1. The van der Waals surface area contributed by atoms with Crippen molar-refractivity contribution in [2.24, 2.45) is 0 Å². The maximum atomic E-state index is 13.2. The Kier molecular flexibility index (Phi) is 5.29. The number of carbonyl (C=O) groups excluding carboxylic acids is 3. The van der Waals surface area contributed by atoms with E-state index in [1.165, 1.54) is 6.08 Å². The Morgan fingerprint density at radius 1 is 0.935 bits per heavy atom. The lowest BCUT2D eigenvalue weighted by Gasteiger charge is -2.26. The summed E-state index contributed by atoms with van der Waals surface area (Å²) in [5.74, 6) is -0.858. The van der Waals surface area contributed by atoms with Crippen molar-refractivity contribution >= 4 is 40.4 Å². The molecule has 0 atom stereocenters. The fourth-order valence-electron chi connectivity index (χ4n) is 3.51. The number of anilines is 1. The zero-order chi connectivity index (χ0) is 22.1. The van der Waals surface area contributed by atoms with Gasteiger partial charge in [-0.2, -0.15) is 0 Å². The maximum absolute atomic E-state index is 13.2. The van der Waals surface area contributed by atoms with Crippen LogP contribution in [0.15, 0.2) is 66.2 Å². The number of barbiturate groups is 1. The second kappa shape index (κ2) is 8.07. The molecule has 0 unspecified atom stereocenters. The van der Waals surface area contributed by atoms with Crippen LogP contribution in [0.1, 0.15) is 25.0 Å². The van der Waals surface area contributed by atoms with Crippen molar-refractivity contribution in [3.63, 3.8) is 0 Å². The van der Waals surface area contributed by atoms with Gasteiger partial charge in [0.2, 0.25) is 0 Å². The number of benzene rings is 3. The Morgan fingerprint density at radius 2 is 1.65 bits per heavy atom. The molecule has 1 aliphatic rings. The van der Waals surface area contributed by atoms with Gasteiger partial charge in [0, 0.05) is 5.56 Å². The highest BCUT2D eigenvalue weighted by Gasteiger charge is 2.37. The summed E-state index contributed by atoms with van der Waals surface area (Å²) in [4.78, 5) is 39.3. The minimum absolute atomic E-state index is 0.0974. The van der Waals surface area contributed by atoms with Crippen molar-refractivity contribution in [1.82, 2.24) is 5.32 Å². The number of urea groups is 1. The van der Waals surface area contributed by atoms with Gasteiger partial charge in [0.25, 0.3) is 11.8 Å². The molecule has 31 heavy (non-hydrogen) atoms. The topological polar surface area (TPSA) is 75.7 Å². The number of carbonyl (C=O) groups is 3. The predicted octanol–water partition coefficient (Wildman–Crippen LogP) is 4.60. The fourth-order valence-corrected chi connectivity index (χ4v) is 3.51. The van der Waals surface area contributed by atoms with Gasteiger partial charge < -0.3 is 4.74 Å². The van der Waals surface area contributed by atoms with Gasteiger partial charge in [0.15, 0.2) is 0 Å². The number of rotatable bonds is 4. The lowest BCUT2D eigenvalue weighted by molar-refractivity contribution is -0.122. The van der Waals surface area contributed by atoms with Crippen molar-refractivity contribution < 1.29 is 19.1 Å². The third-order valence-electron chi connectivity index (χ3n) is 4.98. The lowest BCUT2D eigenvalue weighted by atomic mass is 9.99. The standard InChI is InChI=1S/C25H22N2O4/c1-15(2)31-22-13-10-17-6-4-5-7-19(17)20(22)14-21-23(28)26-25(30)27(24(21)29)18-11-8-16(3)9-12-18/h4-15H,1-3H3,(H,26,28,30)/b21-14+. The van der Waals surface area contributed by atoms with Crippen LogP contribution in [0.2, 0.25) is 0 Å². The molecule has 1 aliphatic heterocycles. The molecule has 0 spiro atoms. The van der Waals surface area contributed by atoms with E-state index in [-0.39, 0.29) is 11.7 Å². The normalized spacial score (nSPS) is 15.7. The van der Waals surface area contributed by atoms with Gasteiger partial charge in [-0.1, -0.05) is 48.0 Å². The first-order valence-corrected chi connectivity index (χ1v) is 10.0. The second-order valence-electron chi connectivity index (χ2n) is 7.66. The molecule has 0 saturated carbocycles. The number of nitrogens with one attached hydrogen (secondary N) is 1. The Hall–Kier alpha value is -3.93. The smallest absolute Gasteiger partial charge is 0.335 e. The van der Waals surface area contributed by atoms with Gasteiger partial charge in [-0.15, -0.1) is 0 Å². The van der Waals surface area contributed by atoms with Crippen LogP contribution in [0.5, 0.6) is 5.75 Å². The van der Waals surface area contributed by atoms with E-state index >= 15 is 0 Å². The first-order chi connectivity index (χ1) is 14.8. The average molecular weight is 414 g/mol. The Bertz CT molecular complexity index is 1230. The van der Waals surface area contributed by atoms with Crippen molar-refractivity contribution in [2.45, 2.75) is 26.9 Å². The third kappa shape index (κ3) is 3.92. The van der Waals surface area contributed by atoms with Crippen LogP contribution in [0, 0.1) is 6.92 Å². The Labute approximate surface area is 180 Å². The molecule has 1 heterocycles. The minimum Gasteiger partial charge on any atom is -0.490 e. The zero-order valence-electron chi connectivity index (χ0n) is 17.5. The molecule has 0 radical (unpaired) electrons. The summed E-state index contributed by atoms with van der Waals surface area (Å²) in [5, 5.41) is 4.05. The molecule has 6 nitrogen and oxygen atoms in total. The molecule has 1 saturated heterocycles. The van der Waals surface area contributed by atoms with Crippen molar-refractivity contribution in [3.05, 3.63) is 77.4 Å². The number of hydrogen-bond donors (Lipinski definition) is 1. The molecular weight excluding hydrogens is 392 g/mol. The van der Waals surface area contributed by atoms with E-state index in [1.54, 1.807) is 24.3 Å². The van der Waals surface area contributed by atoms with Crippen LogP contribution in [0.3, 0.4) is 0 Å². The molecule has 0 aliphatic carbocycles. The van der Waals surface area contributed by atoms with Crippen LogP contribution >= 0.6 is 0 Å². The summed E-state index contributed by atoms with van der Waals surface area (Å²) in [5.41, 5.74) is 1.86. The summed E-state index contributed by atoms with van der Waals surface area (Å²) in [6.45, 7) is 5.72. The molecule has 4 rings (SSSR count). The van der Waals surface area contributed by atoms with E-state index in [0.717, 1.165) is 21.2 Å². The highest BCUT2D eigenvalue weighted by atomic mass is 16.5. The van der Waals surface area contributed by atoms with Crippen LogP contribution in [0.25, 0.3) is 16.8 Å². The first kappa shape index (κ1) is 20.3. The van der Waals surface area contributed by atoms with Gasteiger partial charge in [-0.05, 0) is 55.8 Å². The molecule has 4 amide bonds. The number of hydrogen-bond acceptors (Lipinski definition) is 4. The number of aryl methyl sites for hydroxylation is 1. The van der Waals surface area contributed by atoms with E-state index in [9.17, 15) is 14.4 Å². The van der Waals surface area contributed by atoms with Gasteiger partial charge in [0.05, 0.1) is 11.8 Å². The molecule has 1 N–H and O–H groups in total. The number of imide groups is 2. The van der Waals surface area contributed by atoms with Gasteiger partial charge in [-0.25, -0.2) is 9.69 Å². The van der Waals surface area contributed by atoms with Crippen LogP contribution < -0.4 is 15.0 Å². The lowest BCUT2D eigenvalue weighted by Crippen LogP contribution is -2.54. The molecule has 1 fully saturated rings. The number of amides is 4. The van der Waals surface area contributed by atoms with Gasteiger partial charge >= 0.3 is 6.03 Å². The van der Waals surface area contributed by atoms with Gasteiger partial charge in [0.1, 0.15) is 11.3 Å². The van der Waals surface area contributed by atoms with Gasteiger partial charge in [-0.3, -0.25) is 14.9 Å². The molecule has 6 heteroatoms. The number of ether oxygens (including phenoxy) is 1. The molecule has 0 aromatic heterocycles. The quantitative estimate of drug-likeness (QED) is 0.500. The van der Waals surface area contributed by atoms with Crippen molar-refractivity contribution in [3.8, 4) is 5.75 Å². The molecular formula is C25H22N2O4. The first-order valence-electron chi connectivity index (χ1n) is 10.0. The SMILES string of the molecule is Cc1ccc(N2C(=O)NC(=O)/C(=C\c3c(OC(C)C)ccc4ccccc34)C2=O)cc1. The molecule has 3 aromatic carbocycles. The van der Waals surface area contributed by atoms with Crippen LogP contribution in [-0.4, -0.2) is 23.9 Å². The Morgan fingerprint density at radius 3 is 2.35 bits per heavy atom. The van der Waals surface area contributed by atoms with Crippen LogP contribution in [-0.2, 0) is 9.59 Å². The van der Waals surface area contributed by atoms with Crippen molar-refractivity contribution in [1.29, 1.82) is 0 Å². The third-order valence-corrected chi connectivity index (χ3v) is 4.98. The van der Waals surface area contributed by atoms with E-state index in [1.807, 2.05) is 57.2 Å². The minimum atomic E-state index is -0.771. The highest BCUT2D eigenvalue weighted by Crippen LogP contribution is 2.32. The monoisotopic (exact) mass is 414 g/mol. The second-order valence-corrected chi connectivity index (χ2v) is 7.66.